The molecule has 64 valence electrons. The maximum Gasteiger partial charge on any atom is 0.101 e. The number of rotatable bonds is 1. The molecule has 1 unspecified atom stereocenters. The molecule has 1 aliphatic carbocycles. The molecule has 11 heavy (non-hydrogen) atoms. The van der Waals surface area contributed by atoms with E-state index in [1.54, 1.807) is 0 Å². The van der Waals surface area contributed by atoms with Crippen LogP contribution in [0, 0.1) is 5.92 Å². The van der Waals surface area contributed by atoms with Crippen molar-refractivity contribution in [2.24, 2.45) is 5.92 Å². The maximum absolute atomic E-state index is 12.8. The van der Waals surface area contributed by atoms with Gasteiger partial charge in [-0.3, -0.25) is 0 Å². The van der Waals surface area contributed by atoms with E-state index in [4.69, 9.17) is 0 Å². The molecule has 0 saturated carbocycles. The Kier molecular flexibility index (Phi) is 3.10. The highest BCUT2D eigenvalue weighted by Crippen LogP contribution is 2.24. The van der Waals surface area contributed by atoms with Gasteiger partial charge in [0, 0.05) is 0 Å². The van der Waals surface area contributed by atoms with E-state index < -0.39 is 6.17 Å². The molecule has 0 aromatic heterocycles. The second kappa shape index (κ2) is 3.89. The summed E-state index contributed by atoms with van der Waals surface area (Å²) in [7, 11) is 0. The van der Waals surface area contributed by atoms with Crippen molar-refractivity contribution < 1.29 is 4.39 Å². The highest BCUT2D eigenvalue weighted by molar-refractivity contribution is 5.06. The molecule has 0 spiro atoms. The molecular formula is C10H17F. The fraction of sp³-hybridized carbons (Fsp3) is 0.800. The average Bonchev–Trinajstić information content (AvgIpc) is 2.13. The number of allylic oxidation sites excluding steroid dienone is 2. The Labute approximate surface area is 68.5 Å². The molecule has 0 heterocycles. The summed E-state index contributed by atoms with van der Waals surface area (Å²) >= 11 is 0. The Morgan fingerprint density at radius 3 is 2.82 bits per heavy atom. The third-order valence-electron chi connectivity index (χ3n) is 2.37. The summed E-state index contributed by atoms with van der Waals surface area (Å²) in [6, 6.07) is 0. The molecular weight excluding hydrogens is 139 g/mol. The number of alkyl halides is 1. The lowest BCUT2D eigenvalue weighted by atomic mass is 9.99. The summed E-state index contributed by atoms with van der Waals surface area (Å²) in [5.74, 6) is 0.611. The Bertz CT molecular complexity index is 147. The van der Waals surface area contributed by atoms with Crippen LogP contribution in [0.15, 0.2) is 11.6 Å². The molecule has 0 bridgehead atoms. The smallest absolute Gasteiger partial charge is 0.101 e. The number of halogens is 1. The van der Waals surface area contributed by atoms with E-state index in [9.17, 15) is 4.39 Å². The van der Waals surface area contributed by atoms with Crippen molar-refractivity contribution in [3.63, 3.8) is 0 Å². The first kappa shape index (κ1) is 8.76. The van der Waals surface area contributed by atoms with E-state index in [2.05, 4.69) is 19.9 Å². The predicted molar refractivity (Wildman–Crippen MR) is 46.3 cm³/mol. The van der Waals surface area contributed by atoms with Crippen LogP contribution in [0.25, 0.3) is 0 Å². The summed E-state index contributed by atoms with van der Waals surface area (Å²) in [4.78, 5) is 0. The second-order valence-corrected chi connectivity index (χ2v) is 3.65. The summed E-state index contributed by atoms with van der Waals surface area (Å²) in [5, 5.41) is 0. The van der Waals surface area contributed by atoms with E-state index in [0.717, 1.165) is 25.7 Å². The van der Waals surface area contributed by atoms with Crippen LogP contribution >= 0.6 is 0 Å². The van der Waals surface area contributed by atoms with Crippen molar-refractivity contribution >= 4 is 0 Å². The molecule has 1 rings (SSSR count). The van der Waals surface area contributed by atoms with E-state index in [0.29, 0.717) is 5.92 Å². The molecule has 0 aromatic carbocycles. The molecule has 1 heteroatoms. The molecule has 0 radical (unpaired) electrons. The maximum atomic E-state index is 12.8. The lowest BCUT2D eigenvalue weighted by Crippen LogP contribution is -1.98. The van der Waals surface area contributed by atoms with Gasteiger partial charge in [0.05, 0.1) is 0 Å². The van der Waals surface area contributed by atoms with E-state index in [1.165, 1.54) is 5.57 Å². The molecule has 0 N–H and O–H groups in total. The van der Waals surface area contributed by atoms with Crippen LogP contribution in [0.4, 0.5) is 4.39 Å². The molecule has 0 aromatic rings. The minimum absolute atomic E-state index is 0.553. The molecule has 0 saturated heterocycles. The average molecular weight is 156 g/mol. The van der Waals surface area contributed by atoms with Gasteiger partial charge in [-0.25, -0.2) is 4.39 Å². The summed E-state index contributed by atoms with van der Waals surface area (Å²) in [6.07, 6.45) is 5.06. The van der Waals surface area contributed by atoms with Crippen LogP contribution in [0.3, 0.4) is 0 Å². The normalized spacial score (nSPS) is 26.5. The molecule has 0 aliphatic heterocycles. The van der Waals surface area contributed by atoms with Crippen LogP contribution in [0.1, 0.15) is 39.5 Å². The summed E-state index contributed by atoms with van der Waals surface area (Å²) in [5.41, 5.74) is 1.45. The Hall–Kier alpha value is -0.330. The van der Waals surface area contributed by atoms with Gasteiger partial charge in [-0.15, -0.1) is 0 Å². The van der Waals surface area contributed by atoms with Gasteiger partial charge in [0.15, 0.2) is 0 Å². The summed E-state index contributed by atoms with van der Waals surface area (Å²) < 4.78 is 12.8. The first-order valence-electron chi connectivity index (χ1n) is 4.53. The van der Waals surface area contributed by atoms with Gasteiger partial charge in [0.1, 0.15) is 6.17 Å². The molecule has 1 atom stereocenters. The molecule has 1 aliphatic rings. The van der Waals surface area contributed by atoms with Gasteiger partial charge < -0.3 is 0 Å². The third-order valence-corrected chi connectivity index (χ3v) is 2.37. The third kappa shape index (κ3) is 2.64. The van der Waals surface area contributed by atoms with Gasteiger partial charge in [-0.05, 0) is 31.6 Å². The lowest BCUT2D eigenvalue weighted by Gasteiger charge is -2.08. The van der Waals surface area contributed by atoms with Crippen molar-refractivity contribution in [2.45, 2.75) is 45.7 Å². The monoisotopic (exact) mass is 156 g/mol. The zero-order valence-corrected chi connectivity index (χ0v) is 7.44. The van der Waals surface area contributed by atoms with Crippen LogP contribution in [0.2, 0.25) is 0 Å². The minimum atomic E-state index is -0.553. The van der Waals surface area contributed by atoms with Crippen LogP contribution in [0.5, 0.6) is 0 Å². The topological polar surface area (TPSA) is 0 Å². The van der Waals surface area contributed by atoms with E-state index in [1.807, 2.05) is 0 Å². The van der Waals surface area contributed by atoms with Gasteiger partial charge in [0.2, 0.25) is 0 Å². The van der Waals surface area contributed by atoms with Crippen molar-refractivity contribution in [3.8, 4) is 0 Å². The van der Waals surface area contributed by atoms with Crippen molar-refractivity contribution in [2.75, 3.05) is 0 Å². The van der Waals surface area contributed by atoms with Crippen LogP contribution in [-0.4, -0.2) is 6.17 Å². The fourth-order valence-electron chi connectivity index (χ4n) is 1.54. The van der Waals surface area contributed by atoms with Gasteiger partial charge >= 0.3 is 0 Å². The fourth-order valence-corrected chi connectivity index (χ4v) is 1.54. The standard InChI is InChI=1S/C10H17F/c1-8(2)9-4-3-5-10(11)7-6-9/h4,8,10H,3,5-7H2,1-2H3. The second-order valence-electron chi connectivity index (χ2n) is 3.65. The van der Waals surface area contributed by atoms with Crippen molar-refractivity contribution in [1.82, 2.24) is 0 Å². The Balaban J connectivity index is 2.48. The molecule has 0 fully saturated rings. The van der Waals surface area contributed by atoms with Crippen LogP contribution < -0.4 is 0 Å². The van der Waals surface area contributed by atoms with E-state index in [-0.39, 0.29) is 0 Å². The minimum Gasteiger partial charge on any atom is -0.247 e. The van der Waals surface area contributed by atoms with Crippen molar-refractivity contribution in [1.29, 1.82) is 0 Å². The predicted octanol–water partition coefficient (Wildman–Crippen LogP) is 3.48. The Morgan fingerprint density at radius 1 is 1.45 bits per heavy atom. The summed E-state index contributed by atoms with van der Waals surface area (Å²) in [6.45, 7) is 4.37. The number of hydrogen-bond donors (Lipinski definition) is 0. The first-order valence-corrected chi connectivity index (χ1v) is 4.53. The van der Waals surface area contributed by atoms with Gasteiger partial charge in [0.25, 0.3) is 0 Å². The van der Waals surface area contributed by atoms with Gasteiger partial charge in [-0.2, -0.15) is 0 Å². The highest BCUT2D eigenvalue weighted by atomic mass is 19.1. The van der Waals surface area contributed by atoms with Crippen molar-refractivity contribution in [3.05, 3.63) is 11.6 Å². The Morgan fingerprint density at radius 2 is 2.18 bits per heavy atom. The zero-order valence-electron chi connectivity index (χ0n) is 7.44. The molecule has 0 amide bonds. The van der Waals surface area contributed by atoms with Crippen LogP contribution in [-0.2, 0) is 0 Å². The quantitative estimate of drug-likeness (QED) is 0.510. The van der Waals surface area contributed by atoms with Gasteiger partial charge in [-0.1, -0.05) is 25.5 Å². The SMILES string of the molecule is CC(C)C1=CCCC(F)CC1. The zero-order chi connectivity index (χ0) is 8.27. The number of hydrogen-bond acceptors (Lipinski definition) is 0. The highest BCUT2D eigenvalue weighted by Gasteiger charge is 2.12. The largest absolute Gasteiger partial charge is 0.247 e. The lowest BCUT2D eigenvalue weighted by molar-refractivity contribution is 0.302. The molecule has 0 nitrogen and oxygen atoms in total. The van der Waals surface area contributed by atoms with E-state index >= 15 is 0 Å². The first-order chi connectivity index (χ1) is 5.20.